The summed E-state index contributed by atoms with van der Waals surface area (Å²) >= 11 is 1.18. The number of carboxylic acid groups (broad SMARTS) is 1. The van der Waals surface area contributed by atoms with Gasteiger partial charge in [-0.1, -0.05) is 12.1 Å². The summed E-state index contributed by atoms with van der Waals surface area (Å²) in [7, 11) is 1.61. The van der Waals surface area contributed by atoms with Crippen LogP contribution in [0.3, 0.4) is 0 Å². The fourth-order valence-corrected chi connectivity index (χ4v) is 3.12. The lowest BCUT2D eigenvalue weighted by Gasteiger charge is -2.02. The van der Waals surface area contributed by atoms with Crippen LogP contribution in [0, 0.1) is 0 Å². The molecule has 0 aliphatic carbocycles. The molecule has 5 nitrogen and oxygen atoms in total. The zero-order valence-electron chi connectivity index (χ0n) is 12.4. The molecule has 3 aromatic rings. The average Bonchev–Trinajstić information content (AvgIpc) is 3.00. The van der Waals surface area contributed by atoms with Crippen molar-refractivity contribution in [2.75, 3.05) is 7.11 Å². The van der Waals surface area contributed by atoms with Crippen LogP contribution in [-0.2, 0) is 6.42 Å². The molecule has 0 amide bonds. The smallest absolute Gasteiger partial charge is 0.347 e. The van der Waals surface area contributed by atoms with Crippen LogP contribution in [0.4, 0.5) is 0 Å². The van der Waals surface area contributed by atoms with E-state index in [4.69, 9.17) is 4.74 Å². The molecule has 6 heteroatoms. The third-order valence-electron chi connectivity index (χ3n) is 3.35. The number of ether oxygens (including phenoxy) is 1. The molecule has 0 radical (unpaired) electrons. The molecular weight excluding hydrogens is 312 g/mol. The van der Waals surface area contributed by atoms with Crippen molar-refractivity contribution in [3.8, 4) is 16.3 Å². The Labute approximate surface area is 137 Å². The van der Waals surface area contributed by atoms with Crippen molar-refractivity contribution in [3.05, 3.63) is 64.9 Å². The molecule has 0 atom stereocenters. The summed E-state index contributed by atoms with van der Waals surface area (Å²) < 4.78 is 5.13. The largest absolute Gasteiger partial charge is 0.497 e. The van der Waals surface area contributed by atoms with Gasteiger partial charge in [0.05, 0.1) is 12.8 Å². The quantitative estimate of drug-likeness (QED) is 0.777. The molecule has 3 rings (SSSR count). The zero-order chi connectivity index (χ0) is 16.2. The number of nitrogens with zero attached hydrogens (tertiary/aromatic N) is 2. The lowest BCUT2D eigenvalue weighted by Crippen LogP contribution is -2.00. The summed E-state index contributed by atoms with van der Waals surface area (Å²) in [5, 5.41) is 10.1. The Balaban J connectivity index is 1.94. The molecule has 23 heavy (non-hydrogen) atoms. The Morgan fingerprint density at radius 1 is 1.17 bits per heavy atom. The van der Waals surface area contributed by atoms with Crippen molar-refractivity contribution in [1.29, 1.82) is 0 Å². The zero-order valence-corrected chi connectivity index (χ0v) is 13.2. The molecule has 0 bridgehead atoms. The van der Waals surface area contributed by atoms with Crippen LogP contribution in [-0.4, -0.2) is 28.2 Å². The minimum Gasteiger partial charge on any atom is -0.497 e. The fraction of sp³-hybridized carbons (Fsp3) is 0.118. The van der Waals surface area contributed by atoms with Gasteiger partial charge in [-0.25, -0.2) is 9.78 Å². The van der Waals surface area contributed by atoms with E-state index in [0.29, 0.717) is 17.1 Å². The van der Waals surface area contributed by atoms with E-state index in [-0.39, 0.29) is 4.88 Å². The second kappa shape index (κ2) is 6.58. The highest BCUT2D eigenvalue weighted by atomic mass is 32.1. The van der Waals surface area contributed by atoms with Gasteiger partial charge in [0.25, 0.3) is 0 Å². The number of methoxy groups -OCH3 is 1. The second-order valence-corrected chi connectivity index (χ2v) is 5.86. The molecule has 0 saturated carbocycles. The first-order chi connectivity index (χ1) is 11.2. The number of benzene rings is 1. The normalized spacial score (nSPS) is 10.5. The van der Waals surface area contributed by atoms with E-state index in [1.165, 1.54) is 11.3 Å². The third-order valence-corrected chi connectivity index (χ3v) is 4.48. The fourth-order valence-electron chi connectivity index (χ4n) is 2.19. The van der Waals surface area contributed by atoms with Crippen LogP contribution in [0.5, 0.6) is 5.75 Å². The summed E-state index contributed by atoms with van der Waals surface area (Å²) in [5.41, 5.74) is 2.42. The van der Waals surface area contributed by atoms with Gasteiger partial charge < -0.3 is 9.84 Å². The Morgan fingerprint density at radius 2 is 1.87 bits per heavy atom. The molecule has 0 aliphatic rings. The van der Waals surface area contributed by atoms with Crippen LogP contribution >= 0.6 is 11.3 Å². The predicted molar refractivity (Wildman–Crippen MR) is 88.1 cm³/mol. The van der Waals surface area contributed by atoms with Crippen LogP contribution in [0.25, 0.3) is 10.6 Å². The van der Waals surface area contributed by atoms with Gasteiger partial charge >= 0.3 is 5.97 Å². The molecule has 0 saturated heterocycles. The summed E-state index contributed by atoms with van der Waals surface area (Å²) in [4.78, 5) is 20.3. The number of carboxylic acids is 1. The minimum absolute atomic E-state index is 0.271. The highest BCUT2D eigenvalue weighted by Crippen LogP contribution is 2.29. The Hall–Kier alpha value is -2.73. The maximum atomic E-state index is 11.5. The SMILES string of the molecule is COc1ccc(Cc2nc(-c3ccncc3)sc2C(=O)O)cc1. The van der Waals surface area contributed by atoms with Gasteiger partial charge in [-0.15, -0.1) is 11.3 Å². The Bertz CT molecular complexity index is 814. The molecule has 0 spiro atoms. The first kappa shape index (κ1) is 15.2. The molecule has 1 N–H and O–H groups in total. The van der Waals surface area contributed by atoms with Crippen molar-refractivity contribution in [2.45, 2.75) is 6.42 Å². The minimum atomic E-state index is -0.952. The lowest BCUT2D eigenvalue weighted by molar-refractivity contribution is 0.0701. The Morgan fingerprint density at radius 3 is 2.48 bits per heavy atom. The molecule has 2 aromatic heterocycles. The maximum Gasteiger partial charge on any atom is 0.347 e. The van der Waals surface area contributed by atoms with Crippen LogP contribution < -0.4 is 4.74 Å². The highest BCUT2D eigenvalue weighted by Gasteiger charge is 2.18. The maximum absolute atomic E-state index is 11.5. The topological polar surface area (TPSA) is 72.3 Å². The van der Waals surface area contributed by atoms with Gasteiger partial charge in [0.15, 0.2) is 0 Å². The monoisotopic (exact) mass is 326 g/mol. The van der Waals surface area contributed by atoms with Crippen LogP contribution in [0.2, 0.25) is 0 Å². The number of hydrogen-bond acceptors (Lipinski definition) is 5. The van der Waals surface area contributed by atoms with E-state index in [1.54, 1.807) is 19.5 Å². The van der Waals surface area contributed by atoms with Crippen molar-refractivity contribution >= 4 is 17.3 Å². The van der Waals surface area contributed by atoms with Gasteiger partial charge in [-0.2, -0.15) is 0 Å². The van der Waals surface area contributed by atoms with Crippen LogP contribution in [0.1, 0.15) is 20.9 Å². The predicted octanol–water partition coefficient (Wildman–Crippen LogP) is 3.50. The first-order valence-electron chi connectivity index (χ1n) is 6.93. The van der Waals surface area contributed by atoms with Crippen molar-refractivity contribution in [1.82, 2.24) is 9.97 Å². The molecule has 0 fully saturated rings. The van der Waals surface area contributed by atoms with E-state index in [0.717, 1.165) is 16.9 Å². The molecular formula is C17H14N2O3S. The van der Waals surface area contributed by atoms with Crippen LogP contribution in [0.15, 0.2) is 48.8 Å². The number of thiazole rings is 1. The number of aromatic nitrogens is 2. The molecule has 2 heterocycles. The molecule has 1 aromatic carbocycles. The van der Waals surface area contributed by atoms with E-state index in [2.05, 4.69) is 9.97 Å². The van der Waals surface area contributed by atoms with E-state index in [9.17, 15) is 9.90 Å². The van der Waals surface area contributed by atoms with E-state index >= 15 is 0 Å². The number of rotatable bonds is 5. The highest BCUT2D eigenvalue weighted by molar-refractivity contribution is 7.17. The summed E-state index contributed by atoms with van der Waals surface area (Å²) in [6.07, 6.45) is 3.80. The number of pyridine rings is 1. The standard InChI is InChI=1S/C17H14N2O3S/c1-22-13-4-2-11(3-5-13)10-14-15(17(20)21)23-16(19-14)12-6-8-18-9-7-12/h2-9H,10H2,1H3,(H,20,21). The van der Waals surface area contributed by atoms with Gasteiger partial charge in [0.2, 0.25) is 0 Å². The number of hydrogen-bond donors (Lipinski definition) is 1. The van der Waals surface area contributed by atoms with Crippen molar-refractivity contribution in [3.63, 3.8) is 0 Å². The van der Waals surface area contributed by atoms with E-state index in [1.807, 2.05) is 36.4 Å². The average molecular weight is 326 g/mol. The first-order valence-corrected chi connectivity index (χ1v) is 7.75. The van der Waals surface area contributed by atoms with Gasteiger partial charge in [0.1, 0.15) is 15.6 Å². The Kier molecular flexibility index (Phi) is 4.34. The lowest BCUT2D eigenvalue weighted by atomic mass is 10.1. The number of carbonyl (C=O) groups is 1. The third kappa shape index (κ3) is 3.37. The second-order valence-electron chi connectivity index (χ2n) is 4.86. The molecule has 0 unspecified atom stereocenters. The summed E-state index contributed by atoms with van der Waals surface area (Å²) in [6, 6.07) is 11.2. The van der Waals surface area contributed by atoms with Crippen molar-refractivity contribution < 1.29 is 14.6 Å². The molecule has 0 aliphatic heterocycles. The van der Waals surface area contributed by atoms with Gasteiger partial charge in [-0.3, -0.25) is 4.98 Å². The van der Waals surface area contributed by atoms with Gasteiger partial charge in [-0.05, 0) is 29.8 Å². The summed E-state index contributed by atoms with van der Waals surface area (Å²) in [5.74, 6) is -0.186. The molecule has 116 valence electrons. The van der Waals surface area contributed by atoms with E-state index < -0.39 is 5.97 Å². The van der Waals surface area contributed by atoms with Gasteiger partial charge in [0, 0.05) is 24.4 Å². The summed E-state index contributed by atoms with van der Waals surface area (Å²) in [6.45, 7) is 0. The number of aromatic carboxylic acids is 1. The van der Waals surface area contributed by atoms with Crippen molar-refractivity contribution in [2.24, 2.45) is 0 Å².